The highest BCUT2D eigenvalue weighted by atomic mass is 32.2. The van der Waals surface area contributed by atoms with Crippen LogP contribution in [-0.2, 0) is 21.2 Å². The van der Waals surface area contributed by atoms with Gasteiger partial charge in [-0.3, -0.25) is 14.7 Å². The predicted octanol–water partition coefficient (Wildman–Crippen LogP) is 2.55. The van der Waals surface area contributed by atoms with Gasteiger partial charge >= 0.3 is 0 Å². The van der Waals surface area contributed by atoms with Crippen molar-refractivity contribution >= 4 is 26.6 Å². The molecule has 2 N–H and O–H groups in total. The number of carbonyl (C=O) groups excluding carboxylic acids is 1. The first-order valence-corrected chi connectivity index (χ1v) is 10.9. The fourth-order valence-electron chi connectivity index (χ4n) is 3.19. The van der Waals surface area contributed by atoms with E-state index in [-0.39, 0.29) is 13.0 Å². The number of sulfone groups is 1. The van der Waals surface area contributed by atoms with Crippen molar-refractivity contribution in [1.29, 1.82) is 0 Å². The van der Waals surface area contributed by atoms with Crippen molar-refractivity contribution in [2.24, 2.45) is 0 Å². The van der Waals surface area contributed by atoms with E-state index in [0.717, 1.165) is 11.6 Å². The molecule has 1 aromatic heterocycles. The number of methoxy groups -OCH3 is 1. The summed E-state index contributed by atoms with van der Waals surface area (Å²) in [6.45, 7) is 1.38. The first-order valence-electron chi connectivity index (χ1n) is 9.04. The monoisotopic (exact) mass is 435 g/mol. The van der Waals surface area contributed by atoms with Gasteiger partial charge in [-0.25, -0.2) is 18.3 Å². The molecule has 1 atom stereocenters. The molecule has 2 aromatic carbocycles. The Labute approximate surface area is 173 Å². The standard InChI is InChI=1S/C20H22FN3O5S/c1-20(19(25)23-26,30(3,27)28)8-9-24-18-7-4-13(10-14(18)12-22-24)16-6-5-15(29-2)11-17(16)21/h4-7,10-12,26H,8-9H2,1-3H3,(H,23,25). The Balaban J connectivity index is 1.90. The molecule has 0 aliphatic heterocycles. The number of hydrogen-bond acceptors (Lipinski definition) is 6. The minimum atomic E-state index is -3.80. The lowest BCUT2D eigenvalue weighted by molar-refractivity contribution is -0.131. The lowest BCUT2D eigenvalue weighted by Crippen LogP contribution is -2.49. The summed E-state index contributed by atoms with van der Waals surface area (Å²) < 4.78 is 43.4. The minimum Gasteiger partial charge on any atom is -0.497 e. The van der Waals surface area contributed by atoms with Gasteiger partial charge in [-0.1, -0.05) is 6.07 Å². The van der Waals surface area contributed by atoms with Gasteiger partial charge in [0.2, 0.25) is 0 Å². The molecule has 1 unspecified atom stereocenters. The molecular weight excluding hydrogens is 413 g/mol. The molecule has 0 spiro atoms. The maximum Gasteiger partial charge on any atom is 0.264 e. The first kappa shape index (κ1) is 21.7. The number of carbonyl (C=O) groups is 1. The lowest BCUT2D eigenvalue weighted by atomic mass is 10.0. The quantitative estimate of drug-likeness (QED) is 0.436. The molecule has 3 aromatic rings. The van der Waals surface area contributed by atoms with E-state index in [2.05, 4.69) is 5.10 Å². The number of fused-ring (bicyclic) bond motifs is 1. The van der Waals surface area contributed by atoms with Crippen LogP contribution in [0, 0.1) is 5.82 Å². The SMILES string of the molecule is COc1ccc(-c2ccc3c(cnn3CCC(C)(C(=O)NO)S(C)(=O)=O)c2)c(F)c1. The molecule has 0 fully saturated rings. The Morgan fingerprint density at radius 2 is 2.03 bits per heavy atom. The van der Waals surface area contributed by atoms with Crippen LogP contribution >= 0.6 is 0 Å². The van der Waals surface area contributed by atoms with Crippen molar-refractivity contribution in [2.75, 3.05) is 13.4 Å². The van der Waals surface area contributed by atoms with Gasteiger partial charge in [0, 0.05) is 29.8 Å². The van der Waals surface area contributed by atoms with Crippen LogP contribution in [0.1, 0.15) is 13.3 Å². The molecule has 0 bridgehead atoms. The average Bonchev–Trinajstić information content (AvgIpc) is 3.12. The van der Waals surface area contributed by atoms with Crippen molar-refractivity contribution in [2.45, 2.75) is 24.6 Å². The number of benzene rings is 2. The molecule has 3 rings (SSSR count). The van der Waals surface area contributed by atoms with E-state index in [1.807, 2.05) is 0 Å². The van der Waals surface area contributed by atoms with E-state index in [1.54, 1.807) is 41.2 Å². The van der Waals surface area contributed by atoms with E-state index in [4.69, 9.17) is 9.94 Å². The van der Waals surface area contributed by atoms with E-state index in [0.29, 0.717) is 22.4 Å². The summed E-state index contributed by atoms with van der Waals surface area (Å²) in [5, 5.41) is 13.9. The largest absolute Gasteiger partial charge is 0.497 e. The maximum absolute atomic E-state index is 14.4. The second kappa shape index (κ2) is 8.04. The fraction of sp³-hybridized carbons (Fsp3) is 0.300. The molecule has 10 heteroatoms. The number of rotatable bonds is 7. The molecule has 30 heavy (non-hydrogen) atoms. The number of nitrogens with zero attached hydrogens (tertiary/aromatic N) is 2. The molecule has 1 heterocycles. The second-order valence-electron chi connectivity index (χ2n) is 7.18. The van der Waals surface area contributed by atoms with Crippen LogP contribution in [0.2, 0.25) is 0 Å². The second-order valence-corrected chi connectivity index (χ2v) is 9.63. The number of aryl methyl sites for hydroxylation is 1. The summed E-state index contributed by atoms with van der Waals surface area (Å²) in [6, 6.07) is 9.88. The molecule has 160 valence electrons. The summed E-state index contributed by atoms with van der Waals surface area (Å²) in [7, 11) is -2.33. The highest BCUT2D eigenvalue weighted by molar-refractivity contribution is 7.92. The zero-order valence-electron chi connectivity index (χ0n) is 16.7. The van der Waals surface area contributed by atoms with E-state index in [1.165, 1.54) is 25.6 Å². The normalized spacial score (nSPS) is 13.8. The molecule has 0 saturated carbocycles. The van der Waals surface area contributed by atoms with E-state index >= 15 is 0 Å². The van der Waals surface area contributed by atoms with Gasteiger partial charge in [-0.15, -0.1) is 0 Å². The number of nitrogens with one attached hydrogen (secondary N) is 1. The van der Waals surface area contributed by atoms with Gasteiger partial charge in [0.1, 0.15) is 11.6 Å². The summed E-state index contributed by atoms with van der Waals surface area (Å²) >= 11 is 0. The van der Waals surface area contributed by atoms with Gasteiger partial charge in [0.25, 0.3) is 5.91 Å². The van der Waals surface area contributed by atoms with Crippen LogP contribution in [0.15, 0.2) is 42.6 Å². The number of hydroxylamine groups is 1. The van der Waals surface area contributed by atoms with Gasteiger partial charge in [0.05, 0.1) is 18.8 Å². The Kier molecular flexibility index (Phi) is 5.82. The van der Waals surface area contributed by atoms with Crippen LogP contribution in [-0.4, -0.2) is 47.4 Å². The van der Waals surface area contributed by atoms with Crippen LogP contribution in [0.5, 0.6) is 5.75 Å². The number of ether oxygens (including phenoxy) is 1. The van der Waals surface area contributed by atoms with Gasteiger partial charge in [-0.2, -0.15) is 5.10 Å². The average molecular weight is 435 g/mol. The van der Waals surface area contributed by atoms with E-state index in [9.17, 15) is 17.6 Å². The number of amides is 1. The zero-order chi connectivity index (χ0) is 22.1. The third-order valence-corrected chi connectivity index (χ3v) is 7.36. The maximum atomic E-state index is 14.4. The predicted molar refractivity (Wildman–Crippen MR) is 109 cm³/mol. The van der Waals surface area contributed by atoms with Crippen LogP contribution in [0.4, 0.5) is 4.39 Å². The number of aromatic nitrogens is 2. The Hall–Kier alpha value is -2.98. The molecule has 0 aliphatic rings. The molecule has 0 saturated heterocycles. The van der Waals surface area contributed by atoms with Crippen LogP contribution < -0.4 is 10.2 Å². The van der Waals surface area contributed by atoms with Crippen molar-refractivity contribution in [3.05, 3.63) is 48.4 Å². The molecule has 0 radical (unpaired) electrons. The van der Waals surface area contributed by atoms with E-state index < -0.39 is 26.3 Å². The summed E-state index contributed by atoms with van der Waals surface area (Å²) in [5.41, 5.74) is 3.20. The highest BCUT2D eigenvalue weighted by Crippen LogP contribution is 2.29. The highest BCUT2D eigenvalue weighted by Gasteiger charge is 2.43. The minimum absolute atomic E-state index is 0.0934. The summed E-state index contributed by atoms with van der Waals surface area (Å²) in [4.78, 5) is 12.0. The van der Waals surface area contributed by atoms with Crippen molar-refractivity contribution in [3.63, 3.8) is 0 Å². The van der Waals surface area contributed by atoms with Gasteiger partial charge < -0.3 is 4.74 Å². The third kappa shape index (κ3) is 3.88. The van der Waals surface area contributed by atoms with Gasteiger partial charge in [0.15, 0.2) is 14.6 Å². The lowest BCUT2D eigenvalue weighted by Gasteiger charge is -2.25. The summed E-state index contributed by atoms with van der Waals surface area (Å²) in [6.07, 6.45) is 2.44. The molecule has 1 amide bonds. The van der Waals surface area contributed by atoms with Crippen molar-refractivity contribution in [3.8, 4) is 16.9 Å². The zero-order valence-corrected chi connectivity index (χ0v) is 17.5. The van der Waals surface area contributed by atoms with Crippen LogP contribution in [0.3, 0.4) is 0 Å². The fourth-order valence-corrected chi connectivity index (χ4v) is 4.04. The summed E-state index contributed by atoms with van der Waals surface area (Å²) in [5.74, 6) is -0.996. The molecular formula is C20H22FN3O5S. The molecule has 8 nitrogen and oxygen atoms in total. The topological polar surface area (TPSA) is 111 Å². The van der Waals surface area contributed by atoms with Crippen molar-refractivity contribution in [1.82, 2.24) is 15.3 Å². The number of hydrogen-bond donors (Lipinski definition) is 2. The Morgan fingerprint density at radius 3 is 2.63 bits per heavy atom. The van der Waals surface area contributed by atoms with Crippen molar-refractivity contribution < 1.29 is 27.5 Å². The smallest absolute Gasteiger partial charge is 0.264 e. The first-order chi connectivity index (χ1) is 14.1. The van der Waals surface area contributed by atoms with Gasteiger partial charge in [-0.05, 0) is 43.2 Å². The third-order valence-electron chi connectivity index (χ3n) is 5.33. The Morgan fingerprint density at radius 1 is 1.30 bits per heavy atom. The van der Waals surface area contributed by atoms with Crippen LogP contribution in [0.25, 0.3) is 22.0 Å². The molecule has 0 aliphatic carbocycles. The Bertz CT molecular complexity index is 1210. The number of halogens is 1.